The van der Waals surface area contributed by atoms with Crippen LogP contribution in [0.5, 0.6) is 0 Å². The molecule has 0 unspecified atom stereocenters. The minimum atomic E-state index is -1.14. The maximum Gasteiger partial charge on any atom is 0.409 e. The minimum Gasteiger partial charge on any atom is -0.465 e. The third-order valence-electron chi connectivity index (χ3n) is 5.31. The van der Waals surface area contributed by atoms with Gasteiger partial charge in [-0.2, -0.15) is 0 Å². The summed E-state index contributed by atoms with van der Waals surface area (Å²) in [6, 6.07) is 15.0. The molecule has 1 aliphatic rings. The van der Waals surface area contributed by atoms with Gasteiger partial charge in [-0.25, -0.2) is 4.79 Å². The van der Waals surface area contributed by atoms with E-state index in [0.29, 0.717) is 5.56 Å². The Hall–Kier alpha value is -3.14. The smallest absolute Gasteiger partial charge is 0.409 e. The molecular formula is C26H29NO5. The van der Waals surface area contributed by atoms with Crippen molar-refractivity contribution in [1.82, 2.24) is 4.90 Å². The van der Waals surface area contributed by atoms with Gasteiger partial charge in [0.25, 0.3) is 0 Å². The monoisotopic (exact) mass is 435 g/mol. The standard InChI is InChI=1S/C26H29NO5/c1-24(2,3)27(23(29)30)26(17-31-25(4,5)32-18-26)15-14-19-6-10-21(11-7-19)22-12-8-20(16-28)9-13-22/h6-13,16H,17-18H2,1-5H3,(H,29,30). The van der Waals surface area contributed by atoms with Crippen LogP contribution < -0.4 is 0 Å². The molecule has 2 aromatic carbocycles. The van der Waals surface area contributed by atoms with E-state index >= 15 is 0 Å². The first kappa shape index (κ1) is 23.5. The van der Waals surface area contributed by atoms with E-state index in [0.717, 1.165) is 23.0 Å². The number of rotatable bonds is 3. The topological polar surface area (TPSA) is 76.1 Å². The summed E-state index contributed by atoms with van der Waals surface area (Å²) in [6.07, 6.45) is -0.260. The summed E-state index contributed by atoms with van der Waals surface area (Å²) in [5.74, 6) is 5.49. The number of aldehydes is 1. The van der Waals surface area contributed by atoms with Crippen molar-refractivity contribution in [3.8, 4) is 23.0 Å². The summed E-state index contributed by atoms with van der Waals surface area (Å²) in [7, 11) is 0. The molecular weight excluding hydrogens is 406 g/mol. The van der Waals surface area contributed by atoms with Gasteiger partial charge in [-0.1, -0.05) is 48.2 Å². The Morgan fingerprint density at radius 3 is 1.94 bits per heavy atom. The predicted octanol–water partition coefficient (Wildman–Crippen LogP) is 4.82. The summed E-state index contributed by atoms with van der Waals surface area (Å²) >= 11 is 0. The zero-order valence-corrected chi connectivity index (χ0v) is 19.1. The molecule has 1 aliphatic heterocycles. The van der Waals surface area contributed by atoms with E-state index in [4.69, 9.17) is 9.47 Å². The van der Waals surface area contributed by atoms with Crippen LogP contribution in [0.1, 0.15) is 50.5 Å². The van der Waals surface area contributed by atoms with Crippen LogP contribution in [-0.2, 0) is 9.47 Å². The fourth-order valence-electron chi connectivity index (χ4n) is 3.73. The second-order valence-corrected chi connectivity index (χ2v) is 9.36. The van der Waals surface area contributed by atoms with Crippen LogP contribution >= 0.6 is 0 Å². The SMILES string of the molecule is CC1(C)OCC(C#Cc2ccc(-c3ccc(C=O)cc3)cc2)(N(C(=O)O)C(C)(C)C)CO1. The molecule has 3 rings (SSSR count). The molecule has 1 saturated heterocycles. The first-order chi connectivity index (χ1) is 15.0. The lowest BCUT2D eigenvalue weighted by Gasteiger charge is -2.50. The summed E-state index contributed by atoms with van der Waals surface area (Å²) < 4.78 is 11.7. The molecule has 1 fully saturated rings. The van der Waals surface area contributed by atoms with Gasteiger partial charge in [-0.15, -0.1) is 0 Å². The van der Waals surface area contributed by atoms with Crippen LogP contribution in [0.25, 0.3) is 11.1 Å². The number of benzene rings is 2. The van der Waals surface area contributed by atoms with E-state index < -0.39 is 23.0 Å². The highest BCUT2D eigenvalue weighted by Crippen LogP contribution is 2.33. The van der Waals surface area contributed by atoms with Gasteiger partial charge in [0.2, 0.25) is 0 Å². The number of hydrogen-bond acceptors (Lipinski definition) is 4. The lowest BCUT2D eigenvalue weighted by atomic mass is 9.91. The highest BCUT2D eigenvalue weighted by molar-refractivity contribution is 5.77. The van der Waals surface area contributed by atoms with Crippen molar-refractivity contribution in [3.63, 3.8) is 0 Å². The third kappa shape index (κ3) is 5.18. The van der Waals surface area contributed by atoms with Crippen LogP contribution in [0.15, 0.2) is 48.5 Å². The number of ether oxygens (including phenoxy) is 2. The molecule has 2 aromatic rings. The van der Waals surface area contributed by atoms with Crippen molar-refractivity contribution < 1.29 is 24.2 Å². The Kier molecular flexibility index (Phi) is 6.45. The summed E-state index contributed by atoms with van der Waals surface area (Å²) in [5.41, 5.74) is 1.53. The molecule has 0 bridgehead atoms. The van der Waals surface area contributed by atoms with Gasteiger partial charge in [0.1, 0.15) is 6.29 Å². The van der Waals surface area contributed by atoms with Crippen LogP contribution in [-0.4, -0.2) is 52.5 Å². The normalized spacial score (nSPS) is 17.0. The van der Waals surface area contributed by atoms with Gasteiger partial charge in [0.15, 0.2) is 11.3 Å². The average Bonchev–Trinajstić information content (AvgIpc) is 2.73. The molecule has 0 atom stereocenters. The third-order valence-corrected chi connectivity index (χ3v) is 5.31. The number of amides is 1. The molecule has 6 nitrogen and oxygen atoms in total. The number of carbonyl (C=O) groups excluding carboxylic acids is 1. The van der Waals surface area contributed by atoms with E-state index in [-0.39, 0.29) is 13.2 Å². The number of carbonyl (C=O) groups is 2. The molecule has 6 heteroatoms. The molecule has 0 radical (unpaired) electrons. The van der Waals surface area contributed by atoms with Crippen LogP contribution in [0.2, 0.25) is 0 Å². The lowest BCUT2D eigenvalue weighted by Crippen LogP contribution is -2.66. The Morgan fingerprint density at radius 2 is 1.50 bits per heavy atom. The summed E-state index contributed by atoms with van der Waals surface area (Å²) in [4.78, 5) is 24.4. The number of nitrogens with zero attached hydrogens (tertiary/aromatic N) is 1. The Balaban J connectivity index is 1.93. The molecule has 0 saturated carbocycles. The molecule has 0 aromatic heterocycles. The van der Waals surface area contributed by atoms with Crippen molar-refractivity contribution in [2.24, 2.45) is 0 Å². The Labute approximate surface area is 189 Å². The van der Waals surface area contributed by atoms with E-state index in [9.17, 15) is 14.7 Å². The average molecular weight is 436 g/mol. The zero-order valence-electron chi connectivity index (χ0n) is 19.1. The molecule has 1 heterocycles. The predicted molar refractivity (Wildman–Crippen MR) is 122 cm³/mol. The molecule has 0 spiro atoms. The van der Waals surface area contributed by atoms with Crippen molar-refractivity contribution in [2.75, 3.05) is 13.2 Å². The maximum absolute atomic E-state index is 12.2. The number of carboxylic acid groups (broad SMARTS) is 1. The first-order valence-electron chi connectivity index (χ1n) is 10.5. The van der Waals surface area contributed by atoms with Crippen molar-refractivity contribution in [1.29, 1.82) is 0 Å². The van der Waals surface area contributed by atoms with Crippen LogP contribution in [0.4, 0.5) is 4.79 Å². The van der Waals surface area contributed by atoms with Crippen molar-refractivity contribution >= 4 is 12.4 Å². The fraction of sp³-hybridized carbons (Fsp3) is 0.385. The summed E-state index contributed by atoms with van der Waals surface area (Å²) in [5, 5.41) is 9.98. The van der Waals surface area contributed by atoms with E-state index in [2.05, 4.69) is 11.8 Å². The molecule has 1 N–H and O–H groups in total. The van der Waals surface area contributed by atoms with Crippen molar-refractivity contribution in [3.05, 3.63) is 59.7 Å². The van der Waals surface area contributed by atoms with Crippen molar-refractivity contribution in [2.45, 2.75) is 51.5 Å². The second kappa shape index (κ2) is 8.78. The van der Waals surface area contributed by atoms with Gasteiger partial charge in [0, 0.05) is 16.7 Å². The van der Waals surface area contributed by atoms with Gasteiger partial charge < -0.3 is 14.6 Å². The Bertz CT molecular complexity index is 1030. The van der Waals surface area contributed by atoms with Gasteiger partial charge in [-0.05, 0) is 57.9 Å². The molecule has 32 heavy (non-hydrogen) atoms. The summed E-state index contributed by atoms with van der Waals surface area (Å²) in [6.45, 7) is 9.30. The Morgan fingerprint density at radius 1 is 1.00 bits per heavy atom. The zero-order chi connectivity index (χ0) is 23.6. The maximum atomic E-state index is 12.2. The van der Waals surface area contributed by atoms with Gasteiger partial charge in [-0.3, -0.25) is 9.69 Å². The van der Waals surface area contributed by atoms with E-state index in [1.807, 2.05) is 57.2 Å². The van der Waals surface area contributed by atoms with E-state index in [1.54, 1.807) is 26.0 Å². The largest absolute Gasteiger partial charge is 0.465 e. The minimum absolute atomic E-state index is 0.109. The first-order valence-corrected chi connectivity index (χ1v) is 10.5. The second-order valence-electron chi connectivity index (χ2n) is 9.36. The quantitative estimate of drug-likeness (QED) is 0.553. The van der Waals surface area contributed by atoms with Crippen LogP contribution in [0, 0.1) is 11.8 Å². The highest BCUT2D eigenvalue weighted by atomic mass is 16.7. The lowest BCUT2D eigenvalue weighted by molar-refractivity contribution is -0.278. The van der Waals surface area contributed by atoms with Gasteiger partial charge in [0.05, 0.1) is 13.2 Å². The van der Waals surface area contributed by atoms with E-state index in [1.165, 1.54) is 4.90 Å². The van der Waals surface area contributed by atoms with Gasteiger partial charge >= 0.3 is 6.09 Å². The van der Waals surface area contributed by atoms with Crippen LogP contribution in [0.3, 0.4) is 0 Å². The molecule has 1 amide bonds. The highest BCUT2D eigenvalue weighted by Gasteiger charge is 2.49. The number of hydrogen-bond donors (Lipinski definition) is 1. The molecule has 0 aliphatic carbocycles. The fourth-order valence-corrected chi connectivity index (χ4v) is 3.73. The molecule has 168 valence electrons.